The maximum Gasteiger partial charge on any atom is 0.267 e. The predicted molar refractivity (Wildman–Crippen MR) is 196 cm³/mol. The summed E-state index contributed by atoms with van der Waals surface area (Å²) in [5, 5.41) is 32.9. The highest BCUT2D eigenvalue weighted by molar-refractivity contribution is 6.67. The molecule has 0 bridgehead atoms. The topological polar surface area (TPSA) is 89.2 Å². The van der Waals surface area contributed by atoms with Crippen LogP contribution in [0.15, 0.2) is 85.1 Å². The number of phenolic OH excluding ortho intramolecular Hbond substituents is 2. The summed E-state index contributed by atoms with van der Waals surface area (Å²) in [4.78, 5) is 4.42. The number of fused-ring (bicyclic) bond motifs is 1. The second kappa shape index (κ2) is 19.9. The molecular formula is C40H45BF3N3O2. The molecule has 0 atom stereocenters. The number of benzene rings is 4. The molecule has 2 aliphatic heterocycles. The maximum atomic E-state index is 13.7. The van der Waals surface area contributed by atoms with Crippen LogP contribution in [0.2, 0.25) is 12.6 Å². The van der Waals surface area contributed by atoms with Gasteiger partial charge in [-0.1, -0.05) is 77.4 Å². The number of hydrogen-bond acceptors (Lipinski definition) is 5. The largest absolute Gasteiger partial charge is 0.507 e. The van der Waals surface area contributed by atoms with Gasteiger partial charge < -0.3 is 15.5 Å². The molecule has 7 rings (SSSR count). The summed E-state index contributed by atoms with van der Waals surface area (Å²) in [7, 11) is 0. The average molecular weight is 668 g/mol. The zero-order valence-corrected chi connectivity index (χ0v) is 28.7. The Morgan fingerprint density at radius 1 is 0.653 bits per heavy atom. The van der Waals surface area contributed by atoms with Crippen LogP contribution in [0.1, 0.15) is 53.4 Å². The first-order valence-electron chi connectivity index (χ1n) is 17.1. The van der Waals surface area contributed by atoms with Crippen molar-refractivity contribution in [2.45, 2.75) is 66.0 Å². The SMILES string of the molecule is C1CCNC1.CC.CC.N#CB1CCCC1.Oc1ccc(-c2cnc3cc(O)c(-c4ccc(F)c(F)c4)cc3c2)cc1-c1ccc(F)cc1. The molecule has 1 aromatic heterocycles. The second-order valence-corrected chi connectivity index (χ2v) is 11.2. The van der Waals surface area contributed by atoms with E-state index in [4.69, 9.17) is 5.26 Å². The first-order valence-corrected chi connectivity index (χ1v) is 17.1. The quantitative estimate of drug-likeness (QED) is 0.167. The number of aromatic nitrogens is 1. The fraction of sp³-hybridized carbons (Fsp3) is 0.300. The number of pyridine rings is 1. The molecule has 49 heavy (non-hydrogen) atoms. The third kappa shape index (κ3) is 10.9. The van der Waals surface area contributed by atoms with Gasteiger partial charge in [-0.25, -0.2) is 18.4 Å². The first-order chi connectivity index (χ1) is 23.8. The molecule has 5 aromatic rings. The molecule has 0 saturated carbocycles. The lowest BCUT2D eigenvalue weighted by molar-refractivity contribution is 0.477. The highest BCUT2D eigenvalue weighted by Gasteiger charge is 2.18. The van der Waals surface area contributed by atoms with Crippen molar-refractivity contribution in [1.29, 1.82) is 5.26 Å². The Labute approximate surface area is 288 Å². The smallest absolute Gasteiger partial charge is 0.267 e. The van der Waals surface area contributed by atoms with E-state index in [0.717, 1.165) is 35.9 Å². The van der Waals surface area contributed by atoms with Gasteiger partial charge in [0, 0.05) is 40.3 Å². The van der Waals surface area contributed by atoms with Crippen molar-refractivity contribution in [2.75, 3.05) is 13.1 Å². The third-order valence-electron chi connectivity index (χ3n) is 8.01. The van der Waals surface area contributed by atoms with Crippen molar-refractivity contribution in [2.24, 2.45) is 0 Å². The molecule has 4 aromatic carbocycles. The lowest BCUT2D eigenvalue weighted by Gasteiger charge is -2.11. The Morgan fingerprint density at radius 2 is 1.27 bits per heavy atom. The summed E-state index contributed by atoms with van der Waals surface area (Å²) in [6, 6.07) is 19.3. The van der Waals surface area contributed by atoms with Crippen LogP contribution < -0.4 is 5.32 Å². The highest BCUT2D eigenvalue weighted by atomic mass is 19.2. The van der Waals surface area contributed by atoms with Crippen molar-refractivity contribution in [3.63, 3.8) is 0 Å². The number of aromatic hydroxyl groups is 2. The van der Waals surface area contributed by atoms with Gasteiger partial charge in [-0.2, -0.15) is 0 Å². The molecule has 0 amide bonds. The maximum absolute atomic E-state index is 13.7. The molecule has 9 heteroatoms. The molecule has 2 fully saturated rings. The van der Waals surface area contributed by atoms with Crippen LogP contribution in [0.4, 0.5) is 13.2 Å². The second-order valence-electron chi connectivity index (χ2n) is 11.2. The molecular weight excluding hydrogens is 622 g/mol. The molecule has 256 valence electrons. The Bertz CT molecular complexity index is 1810. The Kier molecular flexibility index (Phi) is 15.7. The average Bonchev–Trinajstić information content (AvgIpc) is 3.90. The number of nitrogens with zero attached hydrogens (tertiary/aromatic N) is 2. The zero-order chi connectivity index (χ0) is 35.8. The molecule has 2 saturated heterocycles. The predicted octanol–water partition coefficient (Wildman–Crippen LogP) is 10.8. The van der Waals surface area contributed by atoms with Gasteiger partial charge in [-0.3, -0.25) is 4.98 Å². The van der Waals surface area contributed by atoms with E-state index >= 15 is 0 Å². The summed E-state index contributed by atoms with van der Waals surface area (Å²) < 4.78 is 40.3. The van der Waals surface area contributed by atoms with Crippen molar-refractivity contribution in [1.82, 2.24) is 10.3 Å². The zero-order valence-electron chi connectivity index (χ0n) is 28.7. The van der Waals surface area contributed by atoms with Gasteiger partial charge in [-0.15, -0.1) is 0 Å². The molecule has 2 aliphatic rings. The van der Waals surface area contributed by atoms with Gasteiger partial charge in [0.1, 0.15) is 17.3 Å². The number of halogens is 3. The van der Waals surface area contributed by atoms with Gasteiger partial charge in [0.25, 0.3) is 6.71 Å². The summed E-state index contributed by atoms with van der Waals surface area (Å²) in [6.45, 7) is 10.9. The van der Waals surface area contributed by atoms with Crippen LogP contribution in [0.3, 0.4) is 0 Å². The van der Waals surface area contributed by atoms with E-state index < -0.39 is 11.6 Å². The van der Waals surface area contributed by atoms with E-state index in [0.29, 0.717) is 39.9 Å². The van der Waals surface area contributed by atoms with Crippen molar-refractivity contribution in [3.05, 3.63) is 103 Å². The van der Waals surface area contributed by atoms with Crippen LogP contribution >= 0.6 is 0 Å². The Hall–Kier alpha value is -4.81. The van der Waals surface area contributed by atoms with Crippen LogP contribution in [0.5, 0.6) is 11.5 Å². The van der Waals surface area contributed by atoms with E-state index in [-0.39, 0.29) is 17.3 Å². The fourth-order valence-electron chi connectivity index (χ4n) is 5.47. The molecule has 0 aliphatic carbocycles. The molecule has 0 unspecified atom stereocenters. The summed E-state index contributed by atoms with van der Waals surface area (Å²) in [5.41, 5.74) is 3.92. The Balaban J connectivity index is 0.000000336. The van der Waals surface area contributed by atoms with Crippen LogP contribution in [-0.2, 0) is 0 Å². The lowest BCUT2D eigenvalue weighted by atomic mass is 9.50. The minimum atomic E-state index is -1.00. The number of phenols is 2. The monoisotopic (exact) mass is 667 g/mol. The third-order valence-corrected chi connectivity index (χ3v) is 8.01. The number of nitriles is 1. The van der Waals surface area contributed by atoms with Crippen molar-refractivity contribution >= 4 is 17.6 Å². The minimum Gasteiger partial charge on any atom is -0.507 e. The normalized spacial score (nSPS) is 13.0. The molecule has 0 spiro atoms. The summed E-state index contributed by atoms with van der Waals surface area (Å²) in [5.74, 6) is -0.113. The molecule has 3 N–H and O–H groups in total. The number of hydrogen-bond donors (Lipinski definition) is 3. The first kappa shape index (κ1) is 38.6. The molecule has 0 radical (unpaired) electrons. The van der Waals surface area contributed by atoms with Gasteiger partial charge in [0.15, 0.2) is 11.6 Å². The fourth-order valence-corrected chi connectivity index (χ4v) is 5.47. The van der Waals surface area contributed by atoms with Gasteiger partial charge in [-0.05, 0) is 91.2 Å². The molecule has 3 heterocycles. The van der Waals surface area contributed by atoms with Crippen LogP contribution in [-0.4, -0.2) is 35.0 Å². The van der Waals surface area contributed by atoms with E-state index in [2.05, 4.69) is 16.3 Å². The van der Waals surface area contributed by atoms with Crippen molar-refractivity contribution in [3.8, 4) is 50.8 Å². The lowest BCUT2D eigenvalue weighted by Crippen LogP contribution is -2.03. The van der Waals surface area contributed by atoms with E-state index in [1.807, 2.05) is 33.8 Å². The highest BCUT2D eigenvalue weighted by Crippen LogP contribution is 2.37. The minimum absolute atomic E-state index is 0.0599. The van der Waals surface area contributed by atoms with Gasteiger partial charge in [0.05, 0.1) is 5.52 Å². The van der Waals surface area contributed by atoms with Gasteiger partial charge in [0.2, 0.25) is 0 Å². The summed E-state index contributed by atoms with van der Waals surface area (Å²) >= 11 is 0. The number of rotatable bonds is 3. The molecule has 5 nitrogen and oxygen atoms in total. The van der Waals surface area contributed by atoms with Crippen LogP contribution in [0.25, 0.3) is 44.3 Å². The standard InChI is InChI=1S/C27H16F3NO2.C5H8BN.C4H9N.2C2H6/c28-20-5-1-15(2-6-20)21-10-16(4-8-26(21)32)19-9-18-11-22(27(33)13-25(18)31-14-19)17-3-7-23(29)24(30)12-17;7-5-6-3-1-2-4-6;1-2-4-5-3-1;2*1-2/h1-14,32-33H;1-4H2;5H,1-4H2;2*1-2H3. The number of nitrogens with one attached hydrogen (secondary N) is 1. The summed E-state index contributed by atoms with van der Waals surface area (Å²) in [6.07, 6.45) is 9.27. The van der Waals surface area contributed by atoms with Crippen LogP contribution in [0, 0.1) is 28.7 Å². The van der Waals surface area contributed by atoms with E-state index in [9.17, 15) is 23.4 Å². The van der Waals surface area contributed by atoms with Gasteiger partial charge >= 0.3 is 0 Å². The van der Waals surface area contributed by atoms with E-state index in [1.165, 1.54) is 63.0 Å². The van der Waals surface area contributed by atoms with E-state index in [1.54, 1.807) is 42.6 Å². The van der Waals surface area contributed by atoms with Crippen molar-refractivity contribution < 1.29 is 23.4 Å². The Morgan fingerprint density at radius 3 is 1.84 bits per heavy atom.